The molecule has 0 atom stereocenters. The summed E-state index contributed by atoms with van der Waals surface area (Å²) in [5, 5.41) is 8.48. The first-order chi connectivity index (χ1) is 9.63. The van der Waals surface area contributed by atoms with E-state index >= 15 is 0 Å². The highest BCUT2D eigenvalue weighted by Crippen LogP contribution is 2.09. The third kappa shape index (κ3) is 2.85. The molecule has 0 aliphatic carbocycles. The van der Waals surface area contributed by atoms with Crippen molar-refractivity contribution in [1.82, 2.24) is 14.5 Å². The zero-order valence-electron chi connectivity index (χ0n) is 11.1. The highest BCUT2D eigenvalue weighted by Gasteiger charge is 2.13. The molecule has 0 aromatic carbocycles. The third-order valence-electron chi connectivity index (χ3n) is 2.96. The van der Waals surface area contributed by atoms with Crippen LogP contribution in [0.5, 0.6) is 0 Å². The number of amides is 1. The van der Waals surface area contributed by atoms with Crippen LogP contribution < -0.4 is 5.76 Å². The minimum atomic E-state index is -0.522. The fourth-order valence-electron chi connectivity index (χ4n) is 1.84. The summed E-state index contributed by atoms with van der Waals surface area (Å²) in [6.45, 7) is 0.590. The smallest absolute Gasteiger partial charge is 0.406 e. The number of hydrogen-bond acceptors (Lipinski definition) is 5. The highest BCUT2D eigenvalue weighted by molar-refractivity contribution is 5.76. The second-order valence-corrected chi connectivity index (χ2v) is 4.32. The number of nitrogens with zero attached hydrogens (tertiary/aromatic N) is 4. The molecule has 0 fully saturated rings. The van der Waals surface area contributed by atoms with Gasteiger partial charge in [0.1, 0.15) is 0 Å². The van der Waals surface area contributed by atoms with Gasteiger partial charge in [-0.2, -0.15) is 5.26 Å². The normalized spacial score (nSPS) is 10.4. The molecule has 0 unspecified atom stereocenters. The number of hydrogen-bond donors (Lipinski definition) is 0. The Balaban J connectivity index is 2.06. The molecule has 104 valence electrons. The Kier molecular flexibility index (Phi) is 4.15. The lowest BCUT2D eigenvalue weighted by molar-refractivity contribution is -0.130. The first-order valence-corrected chi connectivity index (χ1v) is 6.18. The van der Waals surface area contributed by atoms with Gasteiger partial charge in [0.15, 0.2) is 11.2 Å². The topological polar surface area (TPSA) is 92.1 Å². The van der Waals surface area contributed by atoms with Crippen LogP contribution in [0.2, 0.25) is 0 Å². The maximum Gasteiger partial charge on any atom is 0.421 e. The summed E-state index contributed by atoms with van der Waals surface area (Å²) in [7, 11) is 1.63. The van der Waals surface area contributed by atoms with E-state index in [-0.39, 0.29) is 18.9 Å². The van der Waals surface area contributed by atoms with E-state index in [1.54, 1.807) is 25.4 Å². The molecule has 0 bridgehead atoms. The number of oxazole rings is 1. The van der Waals surface area contributed by atoms with Crippen molar-refractivity contribution in [3.05, 3.63) is 28.9 Å². The van der Waals surface area contributed by atoms with E-state index in [1.165, 1.54) is 9.47 Å². The Labute approximate surface area is 115 Å². The van der Waals surface area contributed by atoms with Gasteiger partial charge in [-0.1, -0.05) is 0 Å². The van der Waals surface area contributed by atoms with Gasteiger partial charge in [0.2, 0.25) is 5.91 Å². The van der Waals surface area contributed by atoms with E-state index in [0.717, 1.165) is 0 Å². The average molecular weight is 274 g/mol. The first kappa shape index (κ1) is 13.8. The molecule has 7 heteroatoms. The molecule has 2 aromatic heterocycles. The van der Waals surface area contributed by atoms with Gasteiger partial charge in [-0.3, -0.25) is 9.36 Å². The van der Waals surface area contributed by atoms with E-state index in [2.05, 4.69) is 4.98 Å². The number of pyridine rings is 1. The van der Waals surface area contributed by atoms with Crippen LogP contribution in [0.1, 0.15) is 12.8 Å². The fraction of sp³-hybridized carbons (Fsp3) is 0.385. The van der Waals surface area contributed by atoms with Crippen LogP contribution in [0.3, 0.4) is 0 Å². The Bertz CT molecular complexity index is 710. The third-order valence-corrected chi connectivity index (χ3v) is 2.96. The van der Waals surface area contributed by atoms with Crippen LogP contribution in [-0.2, 0) is 11.3 Å². The number of carbonyl (C=O) groups is 1. The molecule has 1 amide bonds. The van der Waals surface area contributed by atoms with E-state index in [0.29, 0.717) is 24.2 Å². The summed E-state index contributed by atoms with van der Waals surface area (Å²) in [5.41, 5.74) is 0.841. The summed E-state index contributed by atoms with van der Waals surface area (Å²) in [4.78, 5) is 29.1. The maximum atomic E-state index is 11.8. The van der Waals surface area contributed by atoms with Crippen LogP contribution >= 0.6 is 0 Å². The molecule has 0 saturated heterocycles. The summed E-state index contributed by atoms with van der Waals surface area (Å²) >= 11 is 0. The van der Waals surface area contributed by atoms with Crippen molar-refractivity contribution in [3.8, 4) is 6.07 Å². The van der Waals surface area contributed by atoms with Gasteiger partial charge in [0.25, 0.3) is 0 Å². The lowest BCUT2D eigenvalue weighted by atomic mass is 10.3. The first-order valence-electron chi connectivity index (χ1n) is 6.18. The van der Waals surface area contributed by atoms with Crippen molar-refractivity contribution in [2.24, 2.45) is 0 Å². The van der Waals surface area contributed by atoms with Crippen molar-refractivity contribution < 1.29 is 9.21 Å². The fourth-order valence-corrected chi connectivity index (χ4v) is 1.84. The summed E-state index contributed by atoms with van der Waals surface area (Å²) in [6, 6.07) is 5.31. The number of aryl methyl sites for hydroxylation is 1. The Morgan fingerprint density at radius 2 is 2.40 bits per heavy atom. The summed E-state index contributed by atoms with van der Waals surface area (Å²) in [6.07, 6.45) is 2.01. The molecule has 2 aromatic rings. The number of rotatable bonds is 5. The van der Waals surface area contributed by atoms with Crippen molar-refractivity contribution in [3.63, 3.8) is 0 Å². The molecule has 0 radical (unpaired) electrons. The van der Waals surface area contributed by atoms with Crippen molar-refractivity contribution in [2.45, 2.75) is 19.4 Å². The second kappa shape index (κ2) is 6.02. The Hall–Kier alpha value is -2.62. The zero-order valence-corrected chi connectivity index (χ0v) is 11.1. The Morgan fingerprint density at radius 3 is 3.15 bits per heavy atom. The maximum absolute atomic E-state index is 11.8. The van der Waals surface area contributed by atoms with Crippen LogP contribution in [-0.4, -0.2) is 34.0 Å². The molecule has 0 saturated carbocycles. The number of carbonyl (C=O) groups excluding carboxylic acids is 1. The predicted molar refractivity (Wildman–Crippen MR) is 70.8 cm³/mol. The second-order valence-electron chi connectivity index (χ2n) is 4.32. The van der Waals surface area contributed by atoms with Crippen molar-refractivity contribution in [1.29, 1.82) is 5.26 Å². The molecular formula is C13H14N4O3. The standard InChI is InChI=1S/C13H14N4O3/c1-16(8-3-6-14)11(18)5-9-17-12-10(20-13(17)19)4-2-7-15-12/h2,4,7H,3,5,8-9H2,1H3. The van der Waals surface area contributed by atoms with Gasteiger partial charge in [-0.05, 0) is 12.1 Å². The number of fused-ring (bicyclic) bond motifs is 1. The molecular weight excluding hydrogens is 260 g/mol. The van der Waals surface area contributed by atoms with Gasteiger partial charge < -0.3 is 9.32 Å². The van der Waals surface area contributed by atoms with Crippen LogP contribution in [0.15, 0.2) is 27.5 Å². The molecule has 0 aliphatic heterocycles. The van der Waals surface area contributed by atoms with E-state index in [9.17, 15) is 9.59 Å². The summed E-state index contributed by atoms with van der Waals surface area (Å²) in [5.74, 6) is -0.649. The minimum Gasteiger partial charge on any atom is -0.406 e. The molecule has 7 nitrogen and oxygen atoms in total. The van der Waals surface area contributed by atoms with Crippen LogP contribution in [0.25, 0.3) is 11.2 Å². The predicted octanol–water partition coefficient (Wildman–Crippen LogP) is 0.752. The monoisotopic (exact) mass is 274 g/mol. The molecule has 2 rings (SSSR count). The highest BCUT2D eigenvalue weighted by atomic mass is 16.4. The van der Waals surface area contributed by atoms with Gasteiger partial charge in [-0.25, -0.2) is 9.78 Å². The SMILES string of the molecule is CN(CCC#N)C(=O)CCn1c(=O)oc2cccnc21. The number of nitriles is 1. The quantitative estimate of drug-likeness (QED) is 0.802. The number of aromatic nitrogens is 2. The van der Waals surface area contributed by atoms with Crippen LogP contribution in [0.4, 0.5) is 0 Å². The minimum absolute atomic E-state index is 0.127. The van der Waals surface area contributed by atoms with Crippen molar-refractivity contribution >= 4 is 17.1 Å². The van der Waals surface area contributed by atoms with E-state index in [4.69, 9.17) is 9.68 Å². The Morgan fingerprint density at radius 1 is 1.60 bits per heavy atom. The molecule has 0 spiro atoms. The van der Waals surface area contributed by atoms with Crippen LogP contribution in [0, 0.1) is 11.3 Å². The van der Waals surface area contributed by atoms with Gasteiger partial charge >= 0.3 is 5.76 Å². The van der Waals surface area contributed by atoms with Gasteiger partial charge in [-0.15, -0.1) is 0 Å². The van der Waals surface area contributed by atoms with Gasteiger partial charge in [0.05, 0.1) is 12.5 Å². The van der Waals surface area contributed by atoms with Crippen molar-refractivity contribution in [2.75, 3.05) is 13.6 Å². The zero-order chi connectivity index (χ0) is 14.5. The summed E-state index contributed by atoms with van der Waals surface area (Å²) < 4.78 is 6.37. The molecule has 0 N–H and O–H groups in total. The molecule has 20 heavy (non-hydrogen) atoms. The largest absolute Gasteiger partial charge is 0.421 e. The van der Waals surface area contributed by atoms with E-state index in [1.807, 2.05) is 6.07 Å². The average Bonchev–Trinajstić information content (AvgIpc) is 2.77. The van der Waals surface area contributed by atoms with E-state index < -0.39 is 5.76 Å². The molecule has 2 heterocycles. The lowest BCUT2D eigenvalue weighted by Crippen LogP contribution is -2.29. The molecule has 0 aliphatic rings. The lowest BCUT2D eigenvalue weighted by Gasteiger charge is -2.15. The van der Waals surface area contributed by atoms with Gasteiger partial charge in [0, 0.05) is 32.8 Å².